The van der Waals surface area contributed by atoms with Gasteiger partial charge in [-0.05, 0) is 13.3 Å². The number of hydrogen-bond acceptors (Lipinski definition) is 2. The van der Waals surface area contributed by atoms with E-state index in [9.17, 15) is 4.79 Å². The molecule has 0 fully saturated rings. The van der Waals surface area contributed by atoms with E-state index in [1.165, 1.54) is 0 Å². The molecule has 1 N–H and O–H groups in total. The predicted octanol–water partition coefficient (Wildman–Crippen LogP) is 1.29. The Morgan fingerprint density at radius 1 is 1.67 bits per heavy atom. The topological polar surface area (TPSA) is 46.9 Å². The second kappa shape index (κ2) is 4.77. The summed E-state index contributed by atoms with van der Waals surface area (Å²) in [5.74, 6) is -0.0806. The fourth-order valence-corrected chi connectivity index (χ4v) is 1.31. The first-order valence-electron chi connectivity index (χ1n) is 4.99. The highest BCUT2D eigenvalue weighted by Gasteiger charge is 2.13. The van der Waals surface area contributed by atoms with Crippen LogP contribution in [0, 0.1) is 0 Å². The van der Waals surface area contributed by atoms with Gasteiger partial charge in [-0.1, -0.05) is 19.1 Å². The number of carbonyl (C=O) groups is 1. The summed E-state index contributed by atoms with van der Waals surface area (Å²) in [7, 11) is 1.81. The van der Waals surface area contributed by atoms with Gasteiger partial charge >= 0.3 is 0 Å². The van der Waals surface area contributed by atoms with Gasteiger partial charge in [0.15, 0.2) is 0 Å². The molecule has 0 saturated carbocycles. The SMILES string of the molecule is C=C(C)CNC(=O)c1cn(C)nc1CC. The van der Waals surface area contributed by atoms with E-state index < -0.39 is 0 Å². The lowest BCUT2D eigenvalue weighted by atomic mass is 10.2. The van der Waals surface area contributed by atoms with E-state index in [2.05, 4.69) is 17.0 Å². The number of aromatic nitrogens is 2. The molecular weight excluding hydrogens is 190 g/mol. The molecule has 4 heteroatoms. The number of rotatable bonds is 4. The summed E-state index contributed by atoms with van der Waals surface area (Å²) < 4.78 is 1.66. The standard InChI is InChI=1S/C11H17N3O/c1-5-10-9(7-14(4)13-10)11(15)12-6-8(2)3/h7H,2,5-6H2,1,3-4H3,(H,12,15). The summed E-state index contributed by atoms with van der Waals surface area (Å²) in [5.41, 5.74) is 2.42. The fourth-order valence-electron chi connectivity index (χ4n) is 1.31. The first kappa shape index (κ1) is 11.5. The molecule has 0 bridgehead atoms. The minimum atomic E-state index is -0.0806. The van der Waals surface area contributed by atoms with Crippen LogP contribution in [-0.4, -0.2) is 22.2 Å². The highest BCUT2D eigenvalue weighted by Crippen LogP contribution is 2.06. The first-order chi connectivity index (χ1) is 7.04. The second-order valence-electron chi connectivity index (χ2n) is 3.66. The summed E-state index contributed by atoms with van der Waals surface area (Å²) in [4.78, 5) is 11.7. The van der Waals surface area contributed by atoms with Crippen LogP contribution in [0.25, 0.3) is 0 Å². The van der Waals surface area contributed by atoms with Crippen LogP contribution in [-0.2, 0) is 13.5 Å². The summed E-state index contributed by atoms with van der Waals surface area (Å²) in [5, 5.41) is 7.01. The molecule has 0 spiro atoms. The third kappa shape index (κ3) is 2.94. The smallest absolute Gasteiger partial charge is 0.255 e. The van der Waals surface area contributed by atoms with Gasteiger partial charge in [-0.2, -0.15) is 5.10 Å². The molecule has 82 valence electrons. The van der Waals surface area contributed by atoms with Gasteiger partial charge in [-0.3, -0.25) is 9.48 Å². The molecule has 0 unspecified atom stereocenters. The van der Waals surface area contributed by atoms with Gasteiger partial charge in [-0.15, -0.1) is 0 Å². The Labute approximate surface area is 90.0 Å². The minimum absolute atomic E-state index is 0.0806. The van der Waals surface area contributed by atoms with E-state index in [-0.39, 0.29) is 5.91 Å². The Bertz CT molecular complexity index is 379. The molecule has 1 heterocycles. The van der Waals surface area contributed by atoms with Gasteiger partial charge < -0.3 is 5.32 Å². The monoisotopic (exact) mass is 207 g/mol. The Balaban J connectivity index is 2.76. The second-order valence-corrected chi connectivity index (χ2v) is 3.66. The van der Waals surface area contributed by atoms with Crippen LogP contribution < -0.4 is 5.32 Å². The van der Waals surface area contributed by atoms with Gasteiger partial charge in [0.25, 0.3) is 5.91 Å². The lowest BCUT2D eigenvalue weighted by Crippen LogP contribution is -2.25. The van der Waals surface area contributed by atoms with Crippen LogP contribution in [0.2, 0.25) is 0 Å². The molecule has 0 aliphatic heterocycles. The van der Waals surface area contributed by atoms with Crippen molar-refractivity contribution >= 4 is 5.91 Å². The summed E-state index contributed by atoms with van der Waals surface area (Å²) >= 11 is 0. The summed E-state index contributed by atoms with van der Waals surface area (Å²) in [6.45, 7) is 8.11. The zero-order valence-corrected chi connectivity index (χ0v) is 9.50. The number of amides is 1. The molecule has 1 rings (SSSR count). The van der Waals surface area contributed by atoms with Crippen molar-refractivity contribution in [1.82, 2.24) is 15.1 Å². The number of nitrogens with one attached hydrogen (secondary N) is 1. The highest BCUT2D eigenvalue weighted by atomic mass is 16.1. The number of nitrogens with zero attached hydrogens (tertiary/aromatic N) is 2. The maximum atomic E-state index is 11.7. The van der Waals surface area contributed by atoms with Crippen molar-refractivity contribution in [2.45, 2.75) is 20.3 Å². The van der Waals surface area contributed by atoms with Crippen molar-refractivity contribution in [3.05, 3.63) is 29.6 Å². The molecule has 0 aliphatic carbocycles. The van der Waals surface area contributed by atoms with Crippen molar-refractivity contribution in [3.63, 3.8) is 0 Å². The van der Waals surface area contributed by atoms with Gasteiger partial charge in [-0.25, -0.2) is 0 Å². The number of hydrogen-bond donors (Lipinski definition) is 1. The molecule has 0 radical (unpaired) electrons. The molecule has 1 aromatic heterocycles. The molecular formula is C11H17N3O. The lowest BCUT2D eigenvalue weighted by Gasteiger charge is -2.03. The van der Waals surface area contributed by atoms with Crippen LogP contribution in [0.5, 0.6) is 0 Å². The van der Waals surface area contributed by atoms with Crippen LogP contribution in [0.1, 0.15) is 29.9 Å². The molecule has 1 aromatic rings. The van der Waals surface area contributed by atoms with Crippen molar-refractivity contribution in [2.75, 3.05) is 6.54 Å². The largest absolute Gasteiger partial charge is 0.348 e. The van der Waals surface area contributed by atoms with E-state index in [0.717, 1.165) is 17.7 Å². The molecule has 4 nitrogen and oxygen atoms in total. The van der Waals surface area contributed by atoms with E-state index in [1.54, 1.807) is 10.9 Å². The maximum absolute atomic E-state index is 11.7. The van der Waals surface area contributed by atoms with Crippen LogP contribution >= 0.6 is 0 Å². The van der Waals surface area contributed by atoms with Crippen LogP contribution in [0.4, 0.5) is 0 Å². The highest BCUT2D eigenvalue weighted by molar-refractivity contribution is 5.95. The molecule has 15 heavy (non-hydrogen) atoms. The molecule has 0 aromatic carbocycles. The van der Waals surface area contributed by atoms with E-state index in [0.29, 0.717) is 12.1 Å². The molecule has 0 atom stereocenters. The van der Waals surface area contributed by atoms with E-state index in [4.69, 9.17) is 0 Å². The molecule has 0 saturated heterocycles. The number of carbonyl (C=O) groups excluding carboxylic acids is 1. The minimum Gasteiger partial charge on any atom is -0.348 e. The Morgan fingerprint density at radius 2 is 2.33 bits per heavy atom. The van der Waals surface area contributed by atoms with E-state index >= 15 is 0 Å². The normalized spacial score (nSPS) is 10.1. The van der Waals surface area contributed by atoms with Gasteiger partial charge in [0.1, 0.15) is 0 Å². The third-order valence-electron chi connectivity index (χ3n) is 2.04. The predicted molar refractivity (Wildman–Crippen MR) is 59.7 cm³/mol. The van der Waals surface area contributed by atoms with Crippen molar-refractivity contribution in [2.24, 2.45) is 7.05 Å². The zero-order valence-electron chi connectivity index (χ0n) is 9.50. The van der Waals surface area contributed by atoms with E-state index in [1.807, 2.05) is 20.9 Å². The van der Waals surface area contributed by atoms with Crippen molar-refractivity contribution in [1.29, 1.82) is 0 Å². The summed E-state index contributed by atoms with van der Waals surface area (Å²) in [6.07, 6.45) is 2.50. The Morgan fingerprint density at radius 3 is 2.87 bits per heavy atom. The van der Waals surface area contributed by atoms with Gasteiger partial charge in [0.2, 0.25) is 0 Å². The summed E-state index contributed by atoms with van der Waals surface area (Å²) in [6, 6.07) is 0. The quantitative estimate of drug-likeness (QED) is 0.756. The Kier molecular flexibility index (Phi) is 3.66. The fraction of sp³-hybridized carbons (Fsp3) is 0.455. The lowest BCUT2D eigenvalue weighted by molar-refractivity contribution is 0.0956. The first-order valence-corrected chi connectivity index (χ1v) is 4.99. The van der Waals surface area contributed by atoms with Gasteiger partial charge in [0, 0.05) is 19.8 Å². The average Bonchev–Trinajstić information content (AvgIpc) is 2.56. The van der Waals surface area contributed by atoms with Crippen LogP contribution in [0.3, 0.4) is 0 Å². The Hall–Kier alpha value is -1.58. The molecule has 0 aliphatic rings. The van der Waals surface area contributed by atoms with Crippen LogP contribution in [0.15, 0.2) is 18.3 Å². The maximum Gasteiger partial charge on any atom is 0.255 e. The third-order valence-corrected chi connectivity index (χ3v) is 2.04. The zero-order chi connectivity index (χ0) is 11.4. The van der Waals surface area contributed by atoms with Gasteiger partial charge in [0.05, 0.1) is 11.3 Å². The number of aryl methyl sites for hydroxylation is 2. The van der Waals surface area contributed by atoms with Crippen molar-refractivity contribution < 1.29 is 4.79 Å². The van der Waals surface area contributed by atoms with Crippen molar-refractivity contribution in [3.8, 4) is 0 Å². The molecule has 1 amide bonds. The average molecular weight is 207 g/mol.